The van der Waals surface area contributed by atoms with Crippen LogP contribution in [-0.2, 0) is 26.6 Å². The van der Waals surface area contributed by atoms with Gasteiger partial charge in [-0.1, -0.05) is 12.1 Å². The van der Waals surface area contributed by atoms with Crippen molar-refractivity contribution in [2.45, 2.75) is 24.9 Å². The van der Waals surface area contributed by atoms with Gasteiger partial charge in [-0.3, -0.25) is 0 Å². The molecule has 0 amide bonds. The van der Waals surface area contributed by atoms with Crippen molar-refractivity contribution in [2.75, 3.05) is 37.7 Å². The van der Waals surface area contributed by atoms with E-state index in [2.05, 4.69) is 4.98 Å². The lowest BCUT2D eigenvalue weighted by Crippen LogP contribution is -2.52. The Bertz CT molecular complexity index is 1180. The summed E-state index contributed by atoms with van der Waals surface area (Å²) in [6, 6.07) is 9.02. The van der Waals surface area contributed by atoms with E-state index in [0.717, 1.165) is 11.1 Å². The first-order valence-corrected chi connectivity index (χ1v) is 13.9. The number of aromatic nitrogens is 1. The number of nitrogens with two attached hydrogens (primary N) is 1. The molecule has 2 fully saturated rings. The summed E-state index contributed by atoms with van der Waals surface area (Å²) in [5.74, 6) is -0.548. The van der Waals surface area contributed by atoms with E-state index in [1.54, 1.807) is 30.5 Å². The number of ether oxygens (including phenoxy) is 1. The number of benzene rings is 1. The van der Waals surface area contributed by atoms with Gasteiger partial charge in [-0.25, -0.2) is 17.8 Å². The number of sulfone groups is 1. The van der Waals surface area contributed by atoms with Crippen LogP contribution in [0.3, 0.4) is 0 Å². The highest BCUT2D eigenvalue weighted by atomic mass is 32.2. The molecular formula is C21H27FN4O5S2. The van der Waals surface area contributed by atoms with Crippen LogP contribution in [0.15, 0.2) is 42.6 Å². The second-order valence-electron chi connectivity index (χ2n) is 8.28. The zero-order valence-corrected chi connectivity index (χ0v) is 19.6. The Hall–Kier alpha value is -2.12. The molecule has 4 rings (SSSR count). The Kier molecular flexibility index (Phi) is 7.01. The molecule has 0 aliphatic carbocycles. The number of halogens is 1. The van der Waals surface area contributed by atoms with E-state index in [1.807, 2.05) is 0 Å². The summed E-state index contributed by atoms with van der Waals surface area (Å²) in [7, 11) is -7.15. The van der Waals surface area contributed by atoms with Gasteiger partial charge in [0.2, 0.25) is 5.88 Å². The zero-order valence-electron chi connectivity index (χ0n) is 18.0. The van der Waals surface area contributed by atoms with Crippen LogP contribution >= 0.6 is 0 Å². The minimum Gasteiger partial charge on any atom is -0.476 e. The van der Waals surface area contributed by atoms with Crippen molar-refractivity contribution in [1.82, 2.24) is 13.6 Å². The molecule has 0 radical (unpaired) electrons. The molecule has 0 spiro atoms. The lowest BCUT2D eigenvalue weighted by Gasteiger charge is -2.32. The van der Waals surface area contributed by atoms with Crippen molar-refractivity contribution in [3.05, 3.63) is 59.5 Å². The maximum atomic E-state index is 13.5. The monoisotopic (exact) mass is 498 g/mol. The van der Waals surface area contributed by atoms with Crippen LogP contribution in [0.5, 0.6) is 5.88 Å². The Morgan fingerprint density at radius 3 is 2.52 bits per heavy atom. The normalized spacial score (nSPS) is 24.1. The summed E-state index contributed by atoms with van der Waals surface area (Å²) in [5, 5.41) is 0. The van der Waals surface area contributed by atoms with E-state index >= 15 is 0 Å². The molecule has 0 saturated carbocycles. The number of hydrogen-bond acceptors (Lipinski definition) is 7. The third-order valence-corrected chi connectivity index (χ3v) is 9.76. The van der Waals surface area contributed by atoms with Crippen LogP contribution in [0, 0.1) is 5.82 Å². The third kappa shape index (κ3) is 5.52. The van der Waals surface area contributed by atoms with Crippen LogP contribution in [-0.4, -0.2) is 74.2 Å². The van der Waals surface area contributed by atoms with E-state index in [9.17, 15) is 21.2 Å². The minimum atomic E-state index is -3.92. The lowest BCUT2D eigenvalue weighted by molar-refractivity contribution is 0.218. The smallest absolute Gasteiger partial charge is 0.282 e. The first-order valence-electron chi connectivity index (χ1n) is 10.7. The first kappa shape index (κ1) is 24.0. The first-order chi connectivity index (χ1) is 15.7. The van der Waals surface area contributed by atoms with E-state index in [4.69, 9.17) is 10.5 Å². The van der Waals surface area contributed by atoms with Crippen LogP contribution in [0.1, 0.15) is 23.5 Å². The fourth-order valence-corrected chi connectivity index (χ4v) is 7.47. The topological polar surface area (TPSA) is 123 Å². The van der Waals surface area contributed by atoms with Crippen molar-refractivity contribution in [1.29, 1.82) is 0 Å². The summed E-state index contributed by atoms with van der Waals surface area (Å²) in [4.78, 5) is 4.16. The maximum Gasteiger partial charge on any atom is 0.282 e. The van der Waals surface area contributed by atoms with Crippen molar-refractivity contribution >= 4 is 20.0 Å². The number of pyridine rings is 1. The van der Waals surface area contributed by atoms with Gasteiger partial charge in [0.05, 0.1) is 17.5 Å². The molecule has 2 N–H and O–H groups in total. The summed E-state index contributed by atoms with van der Waals surface area (Å²) in [6.45, 7) is 0.449. The molecule has 0 unspecified atom stereocenters. The Labute approximate surface area is 193 Å². The van der Waals surface area contributed by atoms with Crippen molar-refractivity contribution < 1.29 is 26.0 Å². The second kappa shape index (κ2) is 9.63. The molecule has 2 atom stereocenters. The van der Waals surface area contributed by atoms with E-state index in [0.29, 0.717) is 18.8 Å². The van der Waals surface area contributed by atoms with Gasteiger partial charge in [-0.2, -0.15) is 17.0 Å². The second-order valence-corrected chi connectivity index (χ2v) is 12.5. The number of rotatable bonds is 7. The lowest BCUT2D eigenvalue weighted by atomic mass is 9.96. The van der Waals surface area contributed by atoms with Gasteiger partial charge >= 0.3 is 0 Å². The molecular weight excluding hydrogens is 471 g/mol. The highest BCUT2D eigenvalue weighted by Crippen LogP contribution is 2.35. The van der Waals surface area contributed by atoms with Gasteiger partial charge in [-0.15, -0.1) is 0 Å². The Balaban J connectivity index is 1.55. The van der Waals surface area contributed by atoms with Crippen molar-refractivity contribution in [3.8, 4) is 5.88 Å². The maximum absolute atomic E-state index is 13.5. The Morgan fingerprint density at radius 2 is 1.85 bits per heavy atom. The van der Waals surface area contributed by atoms with E-state index in [-0.39, 0.29) is 49.5 Å². The van der Waals surface area contributed by atoms with Crippen molar-refractivity contribution in [2.24, 2.45) is 5.73 Å². The van der Waals surface area contributed by atoms with Gasteiger partial charge in [0.15, 0.2) is 9.84 Å². The fraction of sp³-hybridized carbons (Fsp3) is 0.476. The average Bonchev–Trinajstić information content (AvgIpc) is 3.23. The quantitative estimate of drug-likeness (QED) is 0.601. The summed E-state index contributed by atoms with van der Waals surface area (Å²) < 4.78 is 72.3. The fourth-order valence-electron chi connectivity index (χ4n) is 4.21. The molecule has 9 nitrogen and oxygen atoms in total. The summed E-state index contributed by atoms with van der Waals surface area (Å²) in [6.07, 6.45) is 2.06. The molecule has 2 saturated heterocycles. The average molecular weight is 499 g/mol. The molecule has 180 valence electrons. The standard InChI is InChI=1S/C21H27FN4O5S2/c22-19-3-1-17(2-4-19)18-12-20(15-31-21-11-16(13-23)5-6-24-21)26(14-18)33(29,30)25-7-9-32(27,28)10-8-25/h1-6,11,18,20H,7-10,12-15,23H2/t18-,20-/m1/s1. The molecule has 2 aromatic rings. The van der Waals surface area contributed by atoms with Gasteiger partial charge in [0.25, 0.3) is 10.2 Å². The van der Waals surface area contributed by atoms with Crippen LogP contribution in [0.2, 0.25) is 0 Å². The van der Waals surface area contributed by atoms with Crippen LogP contribution < -0.4 is 10.5 Å². The van der Waals surface area contributed by atoms with E-state index < -0.39 is 26.1 Å². The molecule has 2 aliphatic rings. The molecule has 3 heterocycles. The van der Waals surface area contributed by atoms with Gasteiger partial charge in [0.1, 0.15) is 12.4 Å². The van der Waals surface area contributed by atoms with Gasteiger partial charge in [-0.05, 0) is 41.7 Å². The number of nitrogens with zero attached hydrogens (tertiary/aromatic N) is 3. The zero-order chi connectivity index (χ0) is 23.6. The third-order valence-electron chi connectivity index (χ3n) is 6.09. The predicted molar refractivity (Wildman–Crippen MR) is 121 cm³/mol. The summed E-state index contributed by atoms with van der Waals surface area (Å²) in [5.41, 5.74) is 7.34. The molecule has 1 aromatic heterocycles. The predicted octanol–water partition coefficient (Wildman–Crippen LogP) is 0.892. The Morgan fingerprint density at radius 1 is 1.15 bits per heavy atom. The highest BCUT2D eigenvalue weighted by molar-refractivity contribution is 7.91. The van der Waals surface area contributed by atoms with Gasteiger partial charge < -0.3 is 10.5 Å². The number of hydrogen-bond donors (Lipinski definition) is 1. The van der Waals surface area contributed by atoms with Crippen molar-refractivity contribution in [3.63, 3.8) is 0 Å². The van der Waals surface area contributed by atoms with Crippen LogP contribution in [0.25, 0.3) is 0 Å². The molecule has 12 heteroatoms. The SMILES string of the molecule is NCc1ccnc(OC[C@H]2C[C@@H](c3ccc(F)cc3)CN2S(=O)(=O)N2CCS(=O)(=O)CC2)c1. The van der Waals surface area contributed by atoms with Gasteiger partial charge in [0, 0.05) is 38.4 Å². The largest absolute Gasteiger partial charge is 0.476 e. The van der Waals surface area contributed by atoms with Crippen LogP contribution in [0.4, 0.5) is 4.39 Å². The summed E-state index contributed by atoms with van der Waals surface area (Å²) >= 11 is 0. The highest BCUT2D eigenvalue weighted by Gasteiger charge is 2.44. The minimum absolute atomic E-state index is 0.0734. The van der Waals surface area contributed by atoms with E-state index in [1.165, 1.54) is 20.7 Å². The molecule has 0 bridgehead atoms. The molecule has 2 aliphatic heterocycles. The molecule has 1 aromatic carbocycles. The molecule has 33 heavy (non-hydrogen) atoms.